The summed E-state index contributed by atoms with van der Waals surface area (Å²) in [7, 11) is 0. The predicted octanol–water partition coefficient (Wildman–Crippen LogP) is 4.06. The van der Waals surface area contributed by atoms with E-state index >= 15 is 0 Å². The van der Waals surface area contributed by atoms with Gasteiger partial charge in [0.25, 0.3) is 11.8 Å². The van der Waals surface area contributed by atoms with Gasteiger partial charge in [-0.15, -0.1) is 0 Å². The highest BCUT2D eigenvalue weighted by atomic mass is 35.5. The van der Waals surface area contributed by atoms with Crippen molar-refractivity contribution in [3.63, 3.8) is 0 Å². The van der Waals surface area contributed by atoms with Crippen LogP contribution in [0.1, 0.15) is 31.2 Å². The normalized spacial score (nSPS) is 16.9. The van der Waals surface area contributed by atoms with Crippen LogP contribution in [0.25, 0.3) is 0 Å². The summed E-state index contributed by atoms with van der Waals surface area (Å²) in [6, 6.07) is 10.6. The minimum Gasteiger partial charge on any atom is -0.489 e. The zero-order valence-corrected chi connectivity index (χ0v) is 14.8. The number of hydrogen-bond donors (Lipinski definition) is 0. The number of carbonyl (C=O) groups is 2. The van der Waals surface area contributed by atoms with E-state index in [-0.39, 0.29) is 11.8 Å². The summed E-state index contributed by atoms with van der Waals surface area (Å²) in [5.41, 5.74) is 2.86. The van der Waals surface area contributed by atoms with Gasteiger partial charge in [0.1, 0.15) is 17.5 Å². The Morgan fingerprint density at radius 3 is 2.19 bits per heavy atom. The first-order chi connectivity index (χ1) is 12.6. The summed E-state index contributed by atoms with van der Waals surface area (Å²) in [5.74, 6) is 0.303. The number of benzene rings is 1. The van der Waals surface area contributed by atoms with Gasteiger partial charge in [-0.25, -0.2) is 9.88 Å². The Balaban J connectivity index is 1.45. The second-order valence-electron chi connectivity index (χ2n) is 6.38. The number of aromatic nitrogens is 1. The van der Waals surface area contributed by atoms with Crippen LogP contribution in [0.4, 0.5) is 5.69 Å². The minimum absolute atomic E-state index is 0.175. The van der Waals surface area contributed by atoms with Crippen LogP contribution in [0.2, 0.25) is 5.15 Å². The quantitative estimate of drug-likeness (QED) is 0.603. The van der Waals surface area contributed by atoms with Gasteiger partial charge in [-0.3, -0.25) is 9.59 Å². The molecule has 0 atom stereocenters. The van der Waals surface area contributed by atoms with Crippen molar-refractivity contribution in [2.75, 3.05) is 4.90 Å². The Kier molecular flexibility index (Phi) is 4.47. The Morgan fingerprint density at radius 2 is 1.62 bits per heavy atom. The zero-order chi connectivity index (χ0) is 18.1. The lowest BCUT2D eigenvalue weighted by Gasteiger charge is -2.15. The third kappa shape index (κ3) is 3.10. The van der Waals surface area contributed by atoms with Crippen molar-refractivity contribution in [3.8, 4) is 5.75 Å². The maximum Gasteiger partial charge on any atom is 0.261 e. The first kappa shape index (κ1) is 16.8. The van der Waals surface area contributed by atoms with Gasteiger partial charge in [-0.2, -0.15) is 0 Å². The van der Waals surface area contributed by atoms with E-state index in [1.54, 1.807) is 36.5 Å². The number of ether oxygens (including phenoxy) is 1. The summed E-state index contributed by atoms with van der Waals surface area (Å²) in [4.78, 5) is 30.4. The lowest BCUT2D eigenvalue weighted by molar-refractivity contribution is -0.120. The van der Waals surface area contributed by atoms with Crippen molar-refractivity contribution >= 4 is 29.1 Å². The Labute approximate surface area is 156 Å². The molecule has 2 aliphatic rings. The van der Waals surface area contributed by atoms with Gasteiger partial charge in [0.15, 0.2) is 0 Å². The number of amides is 2. The molecule has 1 aliphatic carbocycles. The smallest absolute Gasteiger partial charge is 0.261 e. The molecule has 4 rings (SSSR count). The Hall–Kier alpha value is -2.66. The van der Waals surface area contributed by atoms with Crippen LogP contribution in [0.15, 0.2) is 53.7 Å². The molecule has 0 saturated carbocycles. The van der Waals surface area contributed by atoms with Crippen LogP contribution < -0.4 is 9.64 Å². The molecule has 5 nitrogen and oxygen atoms in total. The van der Waals surface area contributed by atoms with Crippen molar-refractivity contribution < 1.29 is 14.3 Å². The highest BCUT2D eigenvalue weighted by Gasteiger charge is 2.39. The van der Waals surface area contributed by atoms with E-state index in [0.29, 0.717) is 47.2 Å². The fourth-order valence-electron chi connectivity index (χ4n) is 3.32. The van der Waals surface area contributed by atoms with Crippen molar-refractivity contribution in [2.24, 2.45) is 0 Å². The maximum absolute atomic E-state index is 12.6. The first-order valence-electron chi connectivity index (χ1n) is 8.57. The van der Waals surface area contributed by atoms with Crippen LogP contribution in [-0.2, 0) is 16.2 Å². The molecule has 0 spiro atoms. The lowest BCUT2D eigenvalue weighted by atomic mass is 9.93. The molecule has 2 aromatic rings. The third-order valence-corrected chi connectivity index (χ3v) is 4.90. The van der Waals surface area contributed by atoms with Crippen LogP contribution in [-0.4, -0.2) is 16.8 Å². The van der Waals surface area contributed by atoms with Crippen LogP contribution in [0.5, 0.6) is 5.75 Å². The van der Waals surface area contributed by atoms with E-state index < -0.39 is 0 Å². The average Bonchev–Trinajstić information content (AvgIpc) is 2.93. The van der Waals surface area contributed by atoms with Crippen molar-refractivity contribution in [3.05, 3.63) is 64.5 Å². The van der Waals surface area contributed by atoms with E-state index in [4.69, 9.17) is 16.3 Å². The minimum atomic E-state index is -0.175. The molecule has 0 unspecified atom stereocenters. The van der Waals surface area contributed by atoms with Crippen molar-refractivity contribution in [2.45, 2.75) is 32.3 Å². The van der Waals surface area contributed by atoms with Gasteiger partial charge in [0.2, 0.25) is 0 Å². The third-order valence-electron chi connectivity index (χ3n) is 4.68. The molecule has 6 heteroatoms. The second kappa shape index (κ2) is 6.92. The number of anilines is 1. The highest BCUT2D eigenvalue weighted by Crippen LogP contribution is 2.36. The Bertz CT molecular complexity index is 860. The van der Waals surface area contributed by atoms with Crippen molar-refractivity contribution in [1.29, 1.82) is 0 Å². The maximum atomic E-state index is 12.6. The summed E-state index contributed by atoms with van der Waals surface area (Å²) in [6.45, 7) is 0.362. The van der Waals surface area contributed by atoms with E-state index in [0.717, 1.165) is 18.4 Å². The molecule has 0 bridgehead atoms. The standard InChI is InChI=1S/C20H17ClN2O3/c21-18-10-5-13(11-22-18)12-26-15-8-6-14(7-9-15)23-19(24)16-3-1-2-4-17(16)20(23)25/h5-11H,1-4,12H2. The number of imide groups is 1. The first-order valence-corrected chi connectivity index (χ1v) is 8.95. The fourth-order valence-corrected chi connectivity index (χ4v) is 3.44. The number of hydrogen-bond acceptors (Lipinski definition) is 4. The topological polar surface area (TPSA) is 59.5 Å². The van der Waals surface area contributed by atoms with Crippen LogP contribution in [0, 0.1) is 0 Å². The summed E-state index contributed by atoms with van der Waals surface area (Å²) in [6.07, 6.45) is 5.00. The summed E-state index contributed by atoms with van der Waals surface area (Å²) in [5, 5.41) is 0.439. The summed E-state index contributed by atoms with van der Waals surface area (Å²) >= 11 is 5.76. The number of halogens is 1. The van der Waals surface area contributed by atoms with Gasteiger partial charge >= 0.3 is 0 Å². The average molecular weight is 369 g/mol. The Morgan fingerprint density at radius 1 is 0.962 bits per heavy atom. The van der Waals surface area contributed by atoms with E-state index in [1.165, 1.54) is 4.90 Å². The molecule has 1 aromatic heterocycles. The van der Waals surface area contributed by atoms with Gasteiger partial charge < -0.3 is 4.74 Å². The van der Waals surface area contributed by atoms with E-state index in [9.17, 15) is 9.59 Å². The molecule has 2 heterocycles. The van der Waals surface area contributed by atoms with E-state index in [2.05, 4.69) is 4.98 Å². The molecule has 1 aliphatic heterocycles. The van der Waals surface area contributed by atoms with Gasteiger partial charge in [-0.1, -0.05) is 17.7 Å². The molecule has 0 N–H and O–H groups in total. The summed E-state index contributed by atoms with van der Waals surface area (Å²) < 4.78 is 5.72. The van der Waals surface area contributed by atoms with Crippen LogP contribution in [0.3, 0.4) is 0 Å². The lowest BCUT2D eigenvalue weighted by Crippen LogP contribution is -2.31. The monoisotopic (exact) mass is 368 g/mol. The zero-order valence-electron chi connectivity index (χ0n) is 14.1. The van der Waals surface area contributed by atoms with E-state index in [1.807, 2.05) is 6.07 Å². The van der Waals surface area contributed by atoms with Gasteiger partial charge in [-0.05, 0) is 56.0 Å². The highest BCUT2D eigenvalue weighted by molar-refractivity contribution is 6.33. The molecule has 0 fully saturated rings. The number of rotatable bonds is 4. The largest absolute Gasteiger partial charge is 0.489 e. The van der Waals surface area contributed by atoms with Gasteiger partial charge in [0.05, 0.1) is 5.69 Å². The van der Waals surface area contributed by atoms with Crippen molar-refractivity contribution in [1.82, 2.24) is 4.98 Å². The molecule has 132 valence electrons. The molecular weight excluding hydrogens is 352 g/mol. The fraction of sp³-hybridized carbons (Fsp3) is 0.250. The molecule has 0 radical (unpaired) electrons. The molecule has 26 heavy (non-hydrogen) atoms. The number of nitrogens with zero attached hydrogens (tertiary/aromatic N) is 2. The predicted molar refractivity (Wildman–Crippen MR) is 98.0 cm³/mol. The van der Waals surface area contributed by atoms with Crippen LogP contribution >= 0.6 is 11.6 Å². The molecular formula is C20H17ClN2O3. The number of pyridine rings is 1. The molecule has 2 amide bonds. The molecule has 0 saturated heterocycles. The molecule has 1 aromatic carbocycles. The second-order valence-corrected chi connectivity index (χ2v) is 6.77. The number of carbonyl (C=O) groups excluding carboxylic acids is 2. The van der Waals surface area contributed by atoms with Gasteiger partial charge in [0, 0.05) is 22.9 Å². The SMILES string of the molecule is O=C1C2=C(CCCC2)C(=O)N1c1ccc(OCc2ccc(Cl)nc2)cc1.